The van der Waals surface area contributed by atoms with Gasteiger partial charge >= 0.3 is 0 Å². The summed E-state index contributed by atoms with van der Waals surface area (Å²) in [4.78, 5) is 16.9. The van der Waals surface area contributed by atoms with Gasteiger partial charge in [-0.15, -0.1) is 10.2 Å². The monoisotopic (exact) mass is 381 g/mol. The number of aromatic nitrogens is 2. The van der Waals surface area contributed by atoms with Gasteiger partial charge in [-0.25, -0.2) is 0 Å². The van der Waals surface area contributed by atoms with E-state index in [2.05, 4.69) is 51.3 Å². The predicted molar refractivity (Wildman–Crippen MR) is 115 cm³/mol. The molecule has 6 nitrogen and oxygen atoms in total. The van der Waals surface area contributed by atoms with Gasteiger partial charge in [0.2, 0.25) is 0 Å². The van der Waals surface area contributed by atoms with E-state index in [0.29, 0.717) is 5.69 Å². The number of hydrogen-bond donors (Lipinski definition) is 1. The Hall–Kier alpha value is -2.63. The summed E-state index contributed by atoms with van der Waals surface area (Å²) in [6.07, 6.45) is 4.71. The fourth-order valence-electron chi connectivity index (χ4n) is 3.38. The zero-order valence-electron chi connectivity index (χ0n) is 17.2. The van der Waals surface area contributed by atoms with Crippen molar-refractivity contribution in [2.75, 3.05) is 41.8 Å². The SMILES string of the molecule is CCCCN(C)c1ccc(C(=O)Nc2ccc(N3CCC(C)CC3)cc2)nn1. The third-order valence-corrected chi connectivity index (χ3v) is 5.40. The molecule has 1 amide bonds. The Bertz CT molecular complexity index is 752. The Balaban J connectivity index is 1.57. The standard InChI is InChI=1S/C22H31N5O/c1-4-5-14-26(3)21-11-10-20(24-25-21)22(28)23-18-6-8-19(9-7-18)27-15-12-17(2)13-16-27/h6-11,17H,4-5,12-16H2,1-3H3,(H,23,28). The lowest BCUT2D eigenvalue weighted by atomic mass is 9.99. The van der Waals surface area contributed by atoms with Gasteiger partial charge in [-0.2, -0.15) is 0 Å². The fraction of sp³-hybridized carbons (Fsp3) is 0.500. The molecule has 0 unspecified atom stereocenters. The van der Waals surface area contributed by atoms with Crippen molar-refractivity contribution in [3.8, 4) is 0 Å². The van der Waals surface area contributed by atoms with Crippen molar-refractivity contribution in [3.05, 3.63) is 42.1 Å². The van der Waals surface area contributed by atoms with Crippen molar-refractivity contribution in [2.45, 2.75) is 39.5 Å². The minimum absolute atomic E-state index is 0.241. The number of anilines is 3. The number of benzene rings is 1. The number of rotatable bonds is 7. The Kier molecular flexibility index (Phi) is 6.85. The van der Waals surface area contributed by atoms with Crippen LogP contribution < -0.4 is 15.1 Å². The van der Waals surface area contributed by atoms with E-state index in [1.165, 1.54) is 18.5 Å². The van der Waals surface area contributed by atoms with Crippen LogP contribution in [0.5, 0.6) is 0 Å². The first-order chi connectivity index (χ1) is 13.6. The largest absolute Gasteiger partial charge is 0.372 e. The summed E-state index contributed by atoms with van der Waals surface area (Å²) in [6.45, 7) is 7.60. The summed E-state index contributed by atoms with van der Waals surface area (Å²) < 4.78 is 0. The lowest BCUT2D eigenvalue weighted by Gasteiger charge is -2.32. The predicted octanol–water partition coefficient (Wildman–Crippen LogP) is 4.20. The topological polar surface area (TPSA) is 61.4 Å². The zero-order chi connectivity index (χ0) is 19.9. The summed E-state index contributed by atoms with van der Waals surface area (Å²) in [7, 11) is 1.99. The first-order valence-electron chi connectivity index (χ1n) is 10.3. The summed E-state index contributed by atoms with van der Waals surface area (Å²) >= 11 is 0. The van der Waals surface area contributed by atoms with Crippen LogP contribution in [0.1, 0.15) is 50.0 Å². The van der Waals surface area contributed by atoms with E-state index in [1.54, 1.807) is 6.07 Å². The van der Waals surface area contributed by atoms with Crippen LogP contribution in [0.2, 0.25) is 0 Å². The number of unbranched alkanes of at least 4 members (excludes halogenated alkanes) is 1. The van der Waals surface area contributed by atoms with Crippen LogP contribution in [-0.4, -0.2) is 42.8 Å². The molecule has 1 aromatic heterocycles. The average molecular weight is 382 g/mol. The molecule has 0 aliphatic carbocycles. The third kappa shape index (κ3) is 5.21. The summed E-state index contributed by atoms with van der Waals surface area (Å²) in [5.41, 5.74) is 2.30. The van der Waals surface area contributed by atoms with Crippen molar-refractivity contribution < 1.29 is 4.79 Å². The van der Waals surface area contributed by atoms with Crippen LogP contribution in [0.3, 0.4) is 0 Å². The van der Waals surface area contributed by atoms with E-state index in [-0.39, 0.29) is 5.91 Å². The van der Waals surface area contributed by atoms with Gasteiger partial charge in [0.1, 0.15) is 0 Å². The van der Waals surface area contributed by atoms with E-state index in [9.17, 15) is 4.79 Å². The molecule has 0 radical (unpaired) electrons. The van der Waals surface area contributed by atoms with Crippen LogP contribution in [0, 0.1) is 5.92 Å². The van der Waals surface area contributed by atoms with Crippen molar-refractivity contribution in [1.82, 2.24) is 10.2 Å². The molecule has 1 aliphatic heterocycles. The van der Waals surface area contributed by atoms with Crippen LogP contribution >= 0.6 is 0 Å². The molecule has 1 saturated heterocycles. The van der Waals surface area contributed by atoms with Crippen molar-refractivity contribution >= 4 is 23.1 Å². The maximum atomic E-state index is 12.5. The first-order valence-corrected chi connectivity index (χ1v) is 10.3. The average Bonchev–Trinajstić information content (AvgIpc) is 2.73. The summed E-state index contributed by atoms with van der Waals surface area (Å²) in [5, 5.41) is 11.2. The molecule has 2 heterocycles. The second-order valence-corrected chi connectivity index (χ2v) is 7.72. The third-order valence-electron chi connectivity index (χ3n) is 5.40. The van der Waals surface area contributed by atoms with Gasteiger partial charge in [-0.3, -0.25) is 4.79 Å². The van der Waals surface area contributed by atoms with E-state index in [4.69, 9.17) is 0 Å². The Morgan fingerprint density at radius 1 is 1.14 bits per heavy atom. The molecule has 0 saturated carbocycles. The molecule has 6 heteroatoms. The Morgan fingerprint density at radius 3 is 2.46 bits per heavy atom. The normalized spacial score (nSPS) is 14.8. The second kappa shape index (κ2) is 9.53. The quantitative estimate of drug-likeness (QED) is 0.779. The number of nitrogens with zero attached hydrogens (tertiary/aromatic N) is 4. The van der Waals surface area contributed by atoms with Crippen LogP contribution in [0.4, 0.5) is 17.2 Å². The molecular weight excluding hydrogens is 350 g/mol. The van der Waals surface area contributed by atoms with Crippen molar-refractivity contribution in [2.24, 2.45) is 5.92 Å². The number of hydrogen-bond acceptors (Lipinski definition) is 5. The van der Waals surface area contributed by atoms with Crippen molar-refractivity contribution in [1.29, 1.82) is 0 Å². The molecule has 2 aromatic rings. The molecule has 0 atom stereocenters. The van der Waals surface area contributed by atoms with Crippen LogP contribution in [-0.2, 0) is 0 Å². The van der Waals surface area contributed by atoms with Gasteiger partial charge in [0, 0.05) is 38.1 Å². The highest BCUT2D eigenvalue weighted by atomic mass is 16.1. The zero-order valence-corrected chi connectivity index (χ0v) is 17.2. The second-order valence-electron chi connectivity index (χ2n) is 7.72. The van der Waals surface area contributed by atoms with Gasteiger partial charge in [0.05, 0.1) is 0 Å². The van der Waals surface area contributed by atoms with Gasteiger partial charge in [0.25, 0.3) is 5.91 Å². The molecule has 28 heavy (non-hydrogen) atoms. The van der Waals surface area contributed by atoms with Crippen molar-refractivity contribution in [3.63, 3.8) is 0 Å². The van der Waals surface area contributed by atoms with Crippen LogP contribution in [0.15, 0.2) is 36.4 Å². The lowest BCUT2D eigenvalue weighted by Crippen LogP contribution is -2.32. The van der Waals surface area contributed by atoms with Gasteiger partial charge < -0.3 is 15.1 Å². The number of amides is 1. The summed E-state index contributed by atoms with van der Waals surface area (Å²) in [5.74, 6) is 1.36. The number of carbonyl (C=O) groups is 1. The minimum Gasteiger partial charge on any atom is -0.372 e. The number of nitrogens with one attached hydrogen (secondary N) is 1. The van der Waals surface area contributed by atoms with E-state index in [1.807, 2.05) is 25.2 Å². The Labute approximate surface area is 168 Å². The molecule has 1 aliphatic rings. The maximum absolute atomic E-state index is 12.5. The Morgan fingerprint density at radius 2 is 1.86 bits per heavy atom. The molecule has 0 bridgehead atoms. The minimum atomic E-state index is -0.241. The number of piperidine rings is 1. The fourth-order valence-corrected chi connectivity index (χ4v) is 3.38. The van der Waals surface area contributed by atoms with E-state index < -0.39 is 0 Å². The lowest BCUT2D eigenvalue weighted by molar-refractivity contribution is 0.102. The smallest absolute Gasteiger partial charge is 0.276 e. The molecule has 150 valence electrons. The molecule has 1 aromatic carbocycles. The maximum Gasteiger partial charge on any atom is 0.276 e. The van der Waals surface area contributed by atoms with Gasteiger partial charge in [0.15, 0.2) is 11.5 Å². The van der Waals surface area contributed by atoms with Gasteiger partial charge in [-0.05, 0) is 61.6 Å². The molecule has 3 rings (SSSR count). The molecular formula is C22H31N5O. The molecule has 0 spiro atoms. The molecule has 1 fully saturated rings. The first kappa shape index (κ1) is 20.1. The number of carbonyl (C=O) groups excluding carboxylic acids is 1. The van der Waals surface area contributed by atoms with Crippen LogP contribution in [0.25, 0.3) is 0 Å². The van der Waals surface area contributed by atoms with E-state index in [0.717, 1.165) is 49.9 Å². The van der Waals surface area contributed by atoms with E-state index >= 15 is 0 Å². The highest BCUT2D eigenvalue weighted by Gasteiger charge is 2.16. The highest BCUT2D eigenvalue weighted by molar-refractivity contribution is 6.02. The highest BCUT2D eigenvalue weighted by Crippen LogP contribution is 2.24. The molecule has 1 N–H and O–H groups in total. The van der Waals surface area contributed by atoms with Gasteiger partial charge in [-0.1, -0.05) is 20.3 Å². The summed E-state index contributed by atoms with van der Waals surface area (Å²) in [6, 6.07) is 11.6.